The number of carbonyl (C=O) groups is 1. The predicted molar refractivity (Wildman–Crippen MR) is 108 cm³/mol. The number of allylic oxidation sites excluding steroid dienone is 1. The van der Waals surface area contributed by atoms with E-state index in [0.29, 0.717) is 37.5 Å². The smallest absolute Gasteiger partial charge is 0.228 e. The summed E-state index contributed by atoms with van der Waals surface area (Å²) in [5.41, 5.74) is 6.19. The van der Waals surface area contributed by atoms with Gasteiger partial charge >= 0.3 is 0 Å². The van der Waals surface area contributed by atoms with Gasteiger partial charge in [0.05, 0.1) is 14.2 Å². The quantitative estimate of drug-likeness (QED) is 0.735. The van der Waals surface area contributed by atoms with Crippen molar-refractivity contribution in [1.29, 1.82) is 0 Å². The molecule has 2 heterocycles. The van der Waals surface area contributed by atoms with Crippen LogP contribution in [0.25, 0.3) is 10.9 Å². The Morgan fingerprint density at radius 3 is 2.55 bits per heavy atom. The van der Waals surface area contributed by atoms with Crippen LogP contribution in [0.5, 0.6) is 11.5 Å². The molecule has 2 fully saturated rings. The molecule has 2 aromatic rings. The SMILES string of the molecule is COc1cc2c(N)nc(N3CCN(C=CC(=O)C4CC4)CC3)nc2c(F)c1OC. The van der Waals surface area contributed by atoms with Crippen molar-refractivity contribution in [2.45, 2.75) is 12.8 Å². The van der Waals surface area contributed by atoms with Crippen LogP contribution < -0.4 is 20.1 Å². The van der Waals surface area contributed by atoms with Gasteiger partial charge in [0, 0.05) is 43.7 Å². The number of ketones is 1. The van der Waals surface area contributed by atoms with Gasteiger partial charge in [0.15, 0.2) is 23.1 Å². The maximum Gasteiger partial charge on any atom is 0.228 e. The molecule has 29 heavy (non-hydrogen) atoms. The Bertz CT molecular complexity index is 968. The molecule has 0 amide bonds. The second-order valence-corrected chi connectivity index (χ2v) is 7.25. The molecule has 8 nitrogen and oxygen atoms in total. The first-order valence-electron chi connectivity index (χ1n) is 9.60. The van der Waals surface area contributed by atoms with Crippen molar-refractivity contribution in [2.75, 3.05) is 51.0 Å². The van der Waals surface area contributed by atoms with Gasteiger partial charge in [0.1, 0.15) is 11.3 Å². The molecule has 1 saturated heterocycles. The standard InChI is InChI=1S/C20H24FN5O3/c1-28-15-11-13-17(16(21)18(15)29-2)23-20(24-19(13)22)26-9-7-25(8-10-26)6-5-14(27)12-3-4-12/h5-6,11-12H,3-4,7-10H2,1-2H3,(H2,22,23,24). The van der Waals surface area contributed by atoms with E-state index in [2.05, 4.69) is 14.9 Å². The second kappa shape index (κ2) is 7.73. The highest BCUT2D eigenvalue weighted by molar-refractivity contribution is 5.93. The molecule has 1 aliphatic carbocycles. The Morgan fingerprint density at radius 2 is 1.93 bits per heavy atom. The Kier molecular flexibility index (Phi) is 5.12. The summed E-state index contributed by atoms with van der Waals surface area (Å²) in [5.74, 6) is 0.587. The van der Waals surface area contributed by atoms with Crippen molar-refractivity contribution < 1.29 is 18.7 Å². The highest BCUT2D eigenvalue weighted by Crippen LogP contribution is 2.37. The lowest BCUT2D eigenvalue weighted by Gasteiger charge is -2.34. The van der Waals surface area contributed by atoms with Gasteiger partial charge in [-0.3, -0.25) is 4.79 Å². The number of aromatic nitrogens is 2. The van der Waals surface area contributed by atoms with Crippen molar-refractivity contribution >= 4 is 28.5 Å². The number of anilines is 2. The molecule has 0 unspecified atom stereocenters. The van der Waals surface area contributed by atoms with Crippen LogP contribution >= 0.6 is 0 Å². The Hall–Kier alpha value is -3.10. The van der Waals surface area contributed by atoms with Crippen molar-refractivity contribution in [3.8, 4) is 11.5 Å². The summed E-state index contributed by atoms with van der Waals surface area (Å²) >= 11 is 0. The average Bonchev–Trinajstić information content (AvgIpc) is 3.58. The van der Waals surface area contributed by atoms with E-state index in [1.807, 2.05) is 11.1 Å². The number of hydrogen-bond acceptors (Lipinski definition) is 8. The topological polar surface area (TPSA) is 93.8 Å². The molecule has 0 spiro atoms. The summed E-state index contributed by atoms with van der Waals surface area (Å²) in [6, 6.07) is 1.58. The van der Waals surface area contributed by atoms with Crippen LogP contribution in [0, 0.1) is 11.7 Å². The van der Waals surface area contributed by atoms with Gasteiger partial charge in [-0.1, -0.05) is 0 Å². The summed E-state index contributed by atoms with van der Waals surface area (Å²) in [4.78, 5) is 24.6. The van der Waals surface area contributed by atoms with Crippen molar-refractivity contribution in [2.24, 2.45) is 5.92 Å². The highest BCUT2D eigenvalue weighted by Gasteiger charge is 2.28. The summed E-state index contributed by atoms with van der Waals surface area (Å²) in [7, 11) is 2.81. The van der Waals surface area contributed by atoms with E-state index in [9.17, 15) is 9.18 Å². The normalized spacial score (nSPS) is 17.2. The number of ether oxygens (including phenoxy) is 2. The molecule has 1 aromatic carbocycles. The molecule has 2 N–H and O–H groups in total. The molecular weight excluding hydrogens is 377 g/mol. The van der Waals surface area contributed by atoms with Gasteiger partial charge in [0.2, 0.25) is 5.95 Å². The monoisotopic (exact) mass is 401 g/mol. The maximum absolute atomic E-state index is 14.9. The third-order valence-electron chi connectivity index (χ3n) is 5.32. The number of rotatable bonds is 6. The lowest BCUT2D eigenvalue weighted by molar-refractivity contribution is -0.115. The minimum absolute atomic E-state index is 0.0145. The predicted octanol–water partition coefficient (Wildman–Crippen LogP) is 1.98. The minimum Gasteiger partial charge on any atom is -0.493 e. The Morgan fingerprint density at radius 1 is 1.21 bits per heavy atom. The number of nitrogen functional groups attached to an aromatic ring is 1. The Labute approximate surface area is 168 Å². The molecule has 1 aliphatic heterocycles. The van der Waals surface area contributed by atoms with Crippen LogP contribution in [0.1, 0.15) is 12.8 Å². The van der Waals surface area contributed by atoms with E-state index in [-0.39, 0.29) is 34.5 Å². The lowest BCUT2D eigenvalue weighted by atomic mass is 10.2. The van der Waals surface area contributed by atoms with Crippen molar-refractivity contribution in [3.05, 3.63) is 24.2 Å². The zero-order valence-electron chi connectivity index (χ0n) is 16.5. The number of benzene rings is 1. The number of piperazine rings is 1. The first-order chi connectivity index (χ1) is 14.0. The van der Waals surface area contributed by atoms with Crippen LogP contribution in [0.3, 0.4) is 0 Å². The number of nitrogens with zero attached hydrogens (tertiary/aromatic N) is 4. The number of methoxy groups -OCH3 is 2. The van der Waals surface area contributed by atoms with Gasteiger partial charge in [-0.15, -0.1) is 0 Å². The van der Waals surface area contributed by atoms with Crippen molar-refractivity contribution in [3.63, 3.8) is 0 Å². The third kappa shape index (κ3) is 3.76. The van der Waals surface area contributed by atoms with Gasteiger partial charge in [-0.25, -0.2) is 9.37 Å². The van der Waals surface area contributed by atoms with Gasteiger partial charge in [-0.2, -0.15) is 4.98 Å². The van der Waals surface area contributed by atoms with Crippen LogP contribution in [0.15, 0.2) is 18.3 Å². The van der Waals surface area contributed by atoms with E-state index in [1.165, 1.54) is 14.2 Å². The largest absolute Gasteiger partial charge is 0.493 e. The van der Waals surface area contributed by atoms with Gasteiger partial charge in [-0.05, 0) is 25.0 Å². The molecule has 2 aliphatic rings. The van der Waals surface area contributed by atoms with E-state index in [4.69, 9.17) is 15.2 Å². The minimum atomic E-state index is -0.627. The summed E-state index contributed by atoms with van der Waals surface area (Å²) in [6.45, 7) is 2.71. The molecule has 1 saturated carbocycles. The highest BCUT2D eigenvalue weighted by atomic mass is 19.1. The number of fused-ring (bicyclic) bond motifs is 1. The van der Waals surface area contributed by atoms with Crippen LogP contribution in [0.2, 0.25) is 0 Å². The number of halogens is 1. The summed E-state index contributed by atoms with van der Waals surface area (Å²) in [6.07, 6.45) is 5.55. The summed E-state index contributed by atoms with van der Waals surface area (Å²) in [5, 5.41) is 0.379. The van der Waals surface area contributed by atoms with E-state index >= 15 is 0 Å². The first-order valence-corrected chi connectivity index (χ1v) is 9.60. The Balaban J connectivity index is 1.54. The number of carbonyl (C=O) groups excluding carboxylic acids is 1. The molecule has 1 aromatic heterocycles. The molecule has 0 bridgehead atoms. The molecule has 0 atom stereocenters. The van der Waals surface area contributed by atoms with Gasteiger partial charge < -0.3 is 25.0 Å². The molecular formula is C20H24FN5O3. The first kappa shape index (κ1) is 19.2. The van der Waals surface area contributed by atoms with Crippen LogP contribution in [0.4, 0.5) is 16.2 Å². The zero-order chi connectivity index (χ0) is 20.5. The van der Waals surface area contributed by atoms with Gasteiger partial charge in [0.25, 0.3) is 0 Å². The fourth-order valence-corrected chi connectivity index (χ4v) is 3.43. The zero-order valence-corrected chi connectivity index (χ0v) is 16.5. The van der Waals surface area contributed by atoms with Crippen LogP contribution in [-0.2, 0) is 4.79 Å². The van der Waals surface area contributed by atoms with Crippen LogP contribution in [-0.4, -0.2) is 61.0 Å². The lowest BCUT2D eigenvalue weighted by Crippen LogP contribution is -2.44. The van der Waals surface area contributed by atoms with E-state index in [1.54, 1.807) is 12.1 Å². The molecule has 0 radical (unpaired) electrons. The fourth-order valence-electron chi connectivity index (χ4n) is 3.43. The van der Waals surface area contributed by atoms with Crippen molar-refractivity contribution in [1.82, 2.24) is 14.9 Å². The average molecular weight is 401 g/mol. The molecule has 9 heteroatoms. The fraction of sp³-hybridized carbons (Fsp3) is 0.450. The number of nitrogens with two attached hydrogens (primary N) is 1. The summed E-state index contributed by atoms with van der Waals surface area (Å²) < 4.78 is 25.2. The number of hydrogen-bond donors (Lipinski definition) is 1. The maximum atomic E-state index is 14.9. The van der Waals surface area contributed by atoms with E-state index in [0.717, 1.165) is 12.8 Å². The second-order valence-electron chi connectivity index (χ2n) is 7.25. The third-order valence-corrected chi connectivity index (χ3v) is 5.32. The van der Waals surface area contributed by atoms with E-state index < -0.39 is 5.82 Å². The molecule has 4 rings (SSSR count). The molecule has 154 valence electrons.